The fraction of sp³-hybridized carbons (Fsp3) is 0.250. The number of hydrogen-bond acceptors (Lipinski definition) is 4. The standard InChI is InChI=1S/C16H16BrN3OS/c1-10(20(2)9-11-7-8-14(17)22-11)15-18-13-6-4-3-5-12(13)16(21)19-15/h3-8,10H,9H2,1-2H3,(H,18,19,21)/t10-/m0/s1. The molecule has 0 aliphatic heterocycles. The summed E-state index contributed by atoms with van der Waals surface area (Å²) in [4.78, 5) is 23.1. The van der Waals surface area contributed by atoms with Crippen LogP contribution in [-0.4, -0.2) is 21.9 Å². The molecule has 1 atom stereocenters. The van der Waals surface area contributed by atoms with Crippen LogP contribution in [0.4, 0.5) is 0 Å². The van der Waals surface area contributed by atoms with Crippen LogP contribution in [0.1, 0.15) is 23.7 Å². The summed E-state index contributed by atoms with van der Waals surface area (Å²) in [7, 11) is 2.04. The van der Waals surface area contributed by atoms with Crippen molar-refractivity contribution in [1.82, 2.24) is 14.9 Å². The van der Waals surface area contributed by atoms with Gasteiger partial charge in [0.15, 0.2) is 0 Å². The van der Waals surface area contributed by atoms with Crippen molar-refractivity contribution in [1.29, 1.82) is 0 Å². The first-order chi connectivity index (χ1) is 10.5. The van der Waals surface area contributed by atoms with Crippen LogP contribution < -0.4 is 5.56 Å². The third kappa shape index (κ3) is 3.14. The third-order valence-electron chi connectivity index (χ3n) is 3.72. The highest BCUT2D eigenvalue weighted by atomic mass is 79.9. The maximum atomic E-state index is 12.2. The van der Waals surface area contributed by atoms with E-state index in [1.807, 2.05) is 25.2 Å². The van der Waals surface area contributed by atoms with Crippen molar-refractivity contribution in [3.63, 3.8) is 0 Å². The number of nitrogens with one attached hydrogen (secondary N) is 1. The molecule has 1 aromatic carbocycles. The topological polar surface area (TPSA) is 49.0 Å². The Bertz CT molecular complexity index is 858. The van der Waals surface area contributed by atoms with E-state index in [1.165, 1.54) is 4.88 Å². The number of thiophene rings is 1. The number of aromatic nitrogens is 2. The molecule has 22 heavy (non-hydrogen) atoms. The van der Waals surface area contributed by atoms with Gasteiger partial charge in [-0.05, 0) is 54.2 Å². The molecule has 0 saturated carbocycles. The van der Waals surface area contributed by atoms with Gasteiger partial charge in [-0.1, -0.05) is 12.1 Å². The van der Waals surface area contributed by atoms with Crippen molar-refractivity contribution >= 4 is 38.2 Å². The van der Waals surface area contributed by atoms with Gasteiger partial charge >= 0.3 is 0 Å². The van der Waals surface area contributed by atoms with Gasteiger partial charge in [0.25, 0.3) is 5.56 Å². The molecule has 6 heteroatoms. The van der Waals surface area contributed by atoms with Gasteiger partial charge in [0.2, 0.25) is 0 Å². The van der Waals surface area contributed by atoms with E-state index in [4.69, 9.17) is 0 Å². The van der Waals surface area contributed by atoms with Crippen molar-refractivity contribution in [2.24, 2.45) is 0 Å². The maximum Gasteiger partial charge on any atom is 0.258 e. The number of aromatic amines is 1. The molecule has 1 N–H and O–H groups in total. The molecule has 0 spiro atoms. The van der Waals surface area contributed by atoms with Gasteiger partial charge in [-0.3, -0.25) is 9.69 Å². The molecular weight excluding hydrogens is 362 g/mol. The van der Waals surface area contributed by atoms with E-state index in [1.54, 1.807) is 17.4 Å². The van der Waals surface area contributed by atoms with Crippen molar-refractivity contribution in [2.75, 3.05) is 7.05 Å². The van der Waals surface area contributed by atoms with Gasteiger partial charge in [-0.25, -0.2) is 4.98 Å². The quantitative estimate of drug-likeness (QED) is 0.748. The van der Waals surface area contributed by atoms with Crippen LogP contribution >= 0.6 is 27.3 Å². The van der Waals surface area contributed by atoms with Gasteiger partial charge in [0.05, 0.1) is 20.7 Å². The molecule has 0 amide bonds. The zero-order valence-corrected chi connectivity index (χ0v) is 14.7. The first kappa shape index (κ1) is 15.4. The van der Waals surface area contributed by atoms with E-state index in [0.717, 1.165) is 15.8 Å². The molecule has 0 unspecified atom stereocenters. The molecule has 0 aliphatic carbocycles. The van der Waals surface area contributed by atoms with Crippen LogP contribution in [0.15, 0.2) is 45.0 Å². The largest absolute Gasteiger partial charge is 0.309 e. The van der Waals surface area contributed by atoms with Crippen molar-refractivity contribution in [2.45, 2.75) is 19.5 Å². The first-order valence-corrected chi connectivity index (χ1v) is 8.59. The second-order valence-corrected chi connectivity index (χ2v) is 7.81. The molecule has 3 aromatic rings. The highest BCUT2D eigenvalue weighted by Crippen LogP contribution is 2.25. The summed E-state index contributed by atoms with van der Waals surface area (Å²) in [5.74, 6) is 0.696. The van der Waals surface area contributed by atoms with E-state index < -0.39 is 0 Å². The summed E-state index contributed by atoms with van der Waals surface area (Å²) in [6.07, 6.45) is 0. The minimum atomic E-state index is -0.0836. The SMILES string of the molecule is C[C@@H](c1nc2ccccc2c(=O)[nH]1)N(C)Cc1ccc(Br)s1. The summed E-state index contributed by atoms with van der Waals surface area (Å²) in [5, 5.41) is 0.628. The monoisotopic (exact) mass is 377 g/mol. The Hall–Kier alpha value is -1.50. The van der Waals surface area contributed by atoms with Gasteiger partial charge in [-0.15, -0.1) is 11.3 Å². The average molecular weight is 378 g/mol. The molecule has 0 bridgehead atoms. The van der Waals surface area contributed by atoms with Crippen LogP contribution in [0, 0.1) is 0 Å². The fourth-order valence-corrected chi connectivity index (χ4v) is 3.88. The zero-order valence-electron chi connectivity index (χ0n) is 12.3. The Balaban J connectivity index is 1.88. The van der Waals surface area contributed by atoms with Crippen LogP contribution in [0.5, 0.6) is 0 Å². The highest BCUT2D eigenvalue weighted by molar-refractivity contribution is 9.11. The van der Waals surface area contributed by atoms with E-state index in [-0.39, 0.29) is 11.6 Å². The number of fused-ring (bicyclic) bond motifs is 1. The molecule has 0 fully saturated rings. The molecule has 2 heterocycles. The van der Waals surface area contributed by atoms with Gasteiger partial charge in [0, 0.05) is 11.4 Å². The minimum absolute atomic E-state index is 0.0261. The van der Waals surface area contributed by atoms with Crippen molar-refractivity contribution < 1.29 is 0 Å². The lowest BCUT2D eigenvalue weighted by Gasteiger charge is -2.23. The molecule has 0 aliphatic rings. The van der Waals surface area contributed by atoms with Crippen molar-refractivity contribution in [3.8, 4) is 0 Å². The second-order valence-electron chi connectivity index (χ2n) is 5.27. The molecule has 114 valence electrons. The zero-order chi connectivity index (χ0) is 15.7. The number of nitrogens with zero attached hydrogens (tertiary/aromatic N) is 2. The predicted molar refractivity (Wildman–Crippen MR) is 94.3 cm³/mol. The van der Waals surface area contributed by atoms with E-state index >= 15 is 0 Å². The summed E-state index contributed by atoms with van der Waals surface area (Å²) in [5.41, 5.74) is 0.653. The Kier molecular flexibility index (Phi) is 4.42. The molecule has 2 aromatic heterocycles. The summed E-state index contributed by atoms with van der Waals surface area (Å²) in [6, 6.07) is 11.6. The summed E-state index contributed by atoms with van der Waals surface area (Å²) >= 11 is 5.20. The Morgan fingerprint density at radius 3 is 2.82 bits per heavy atom. The van der Waals surface area contributed by atoms with E-state index in [9.17, 15) is 4.79 Å². The average Bonchev–Trinajstić information content (AvgIpc) is 2.91. The summed E-state index contributed by atoms with van der Waals surface area (Å²) < 4.78 is 1.13. The number of hydrogen-bond donors (Lipinski definition) is 1. The van der Waals surface area contributed by atoms with Crippen LogP contribution in [0.2, 0.25) is 0 Å². The lowest BCUT2D eigenvalue weighted by atomic mass is 10.2. The second kappa shape index (κ2) is 6.32. The van der Waals surface area contributed by atoms with Crippen LogP contribution in [0.3, 0.4) is 0 Å². The lowest BCUT2D eigenvalue weighted by Crippen LogP contribution is -2.25. The number of para-hydroxylation sites is 1. The van der Waals surface area contributed by atoms with Crippen LogP contribution in [-0.2, 0) is 6.54 Å². The minimum Gasteiger partial charge on any atom is -0.309 e. The maximum absolute atomic E-state index is 12.2. The number of H-pyrrole nitrogens is 1. The smallest absolute Gasteiger partial charge is 0.258 e. The van der Waals surface area contributed by atoms with E-state index in [2.05, 4.69) is 49.9 Å². The number of halogens is 1. The van der Waals surface area contributed by atoms with Crippen molar-refractivity contribution in [3.05, 3.63) is 61.2 Å². The Labute approximate surface area is 140 Å². The number of rotatable bonds is 4. The predicted octanol–water partition coefficient (Wildman–Crippen LogP) is 3.94. The normalized spacial score (nSPS) is 12.9. The molecule has 0 saturated heterocycles. The Morgan fingerprint density at radius 2 is 2.09 bits per heavy atom. The van der Waals surface area contributed by atoms with Gasteiger partial charge in [0.1, 0.15) is 5.82 Å². The Morgan fingerprint density at radius 1 is 1.32 bits per heavy atom. The third-order valence-corrected chi connectivity index (χ3v) is 5.33. The molecule has 3 rings (SSSR count). The summed E-state index contributed by atoms with van der Waals surface area (Å²) in [6.45, 7) is 2.86. The van der Waals surface area contributed by atoms with Gasteiger partial charge < -0.3 is 4.98 Å². The van der Waals surface area contributed by atoms with Crippen LogP contribution in [0.25, 0.3) is 10.9 Å². The lowest BCUT2D eigenvalue weighted by molar-refractivity contribution is 0.246. The molecule has 4 nitrogen and oxygen atoms in total. The van der Waals surface area contributed by atoms with Gasteiger partial charge in [-0.2, -0.15) is 0 Å². The molecular formula is C16H16BrN3OS. The highest BCUT2D eigenvalue weighted by Gasteiger charge is 2.16. The van der Waals surface area contributed by atoms with E-state index in [0.29, 0.717) is 11.2 Å². The number of benzene rings is 1. The fourth-order valence-electron chi connectivity index (χ4n) is 2.33. The molecule has 0 radical (unpaired) electrons. The first-order valence-electron chi connectivity index (χ1n) is 6.98.